The number of hydrogen-bond donors (Lipinski definition) is 4. The number of aromatic hydroxyl groups is 4. The first-order valence-electron chi connectivity index (χ1n) is 7.34. The monoisotopic (exact) mass is 318 g/mol. The molecular weight excluding hydrogens is 303 g/mol. The van der Waals surface area contributed by atoms with Crippen molar-refractivity contribution in [2.45, 2.75) is 6.92 Å². The van der Waals surface area contributed by atoms with E-state index in [0.29, 0.717) is 5.56 Å². The summed E-state index contributed by atoms with van der Waals surface area (Å²) in [4.78, 5) is 0. The minimum Gasteiger partial charge on any atom is -0.505 e. The topological polar surface area (TPSA) is 80.9 Å². The van der Waals surface area contributed by atoms with E-state index in [9.17, 15) is 20.4 Å². The van der Waals surface area contributed by atoms with E-state index in [1.807, 2.05) is 55.5 Å². The summed E-state index contributed by atoms with van der Waals surface area (Å²) in [5.41, 5.74) is 2.92. The highest BCUT2D eigenvalue weighted by molar-refractivity contribution is 6.39. The van der Waals surface area contributed by atoms with Gasteiger partial charge in [-0.15, -0.1) is 0 Å². The summed E-state index contributed by atoms with van der Waals surface area (Å²) in [7, 11) is 5.92. The van der Waals surface area contributed by atoms with E-state index >= 15 is 0 Å². The normalized spacial score (nSPS) is 10.7. The molecule has 0 spiro atoms. The van der Waals surface area contributed by atoms with Crippen molar-refractivity contribution >= 4 is 13.3 Å². The Labute approximate surface area is 140 Å². The first-order chi connectivity index (χ1) is 11.4. The zero-order valence-corrected chi connectivity index (χ0v) is 13.0. The molecule has 0 saturated carbocycles. The lowest BCUT2D eigenvalue weighted by Crippen LogP contribution is -2.09. The molecule has 0 atom stereocenters. The van der Waals surface area contributed by atoms with Crippen LogP contribution in [-0.2, 0) is 0 Å². The summed E-state index contributed by atoms with van der Waals surface area (Å²) in [6.07, 6.45) is 0. The molecule has 3 rings (SSSR count). The van der Waals surface area contributed by atoms with Gasteiger partial charge in [-0.3, -0.25) is 0 Å². The average molecular weight is 318 g/mol. The van der Waals surface area contributed by atoms with E-state index in [4.69, 9.17) is 7.85 Å². The highest BCUT2D eigenvalue weighted by Gasteiger charge is 2.24. The van der Waals surface area contributed by atoms with Crippen LogP contribution in [0, 0.1) is 6.92 Å². The Kier molecular flexibility index (Phi) is 3.85. The molecule has 0 aliphatic carbocycles. The molecule has 0 fully saturated rings. The fraction of sp³-hybridized carbons (Fsp3) is 0.0526. The van der Waals surface area contributed by atoms with Gasteiger partial charge in [0, 0.05) is 5.56 Å². The zero-order valence-electron chi connectivity index (χ0n) is 13.0. The lowest BCUT2D eigenvalue weighted by atomic mass is 9.80. The third kappa shape index (κ3) is 2.34. The van der Waals surface area contributed by atoms with Crippen LogP contribution in [0.15, 0.2) is 48.5 Å². The quantitative estimate of drug-likeness (QED) is 0.333. The molecule has 5 heteroatoms. The lowest BCUT2D eigenvalue weighted by Gasteiger charge is -2.19. The van der Waals surface area contributed by atoms with Crippen molar-refractivity contribution in [1.29, 1.82) is 0 Å². The summed E-state index contributed by atoms with van der Waals surface area (Å²) in [6, 6.07) is 15.0. The number of phenolic OH excluding ortho intramolecular Hbond substituents is 4. The van der Waals surface area contributed by atoms with E-state index in [2.05, 4.69) is 0 Å². The van der Waals surface area contributed by atoms with Crippen LogP contribution in [0.4, 0.5) is 0 Å². The Morgan fingerprint density at radius 3 is 1.96 bits per heavy atom. The van der Waals surface area contributed by atoms with Crippen molar-refractivity contribution in [2.75, 3.05) is 0 Å². The van der Waals surface area contributed by atoms with Gasteiger partial charge >= 0.3 is 0 Å². The van der Waals surface area contributed by atoms with Crippen LogP contribution < -0.4 is 5.46 Å². The predicted octanol–water partition coefficient (Wildman–Crippen LogP) is 2.95. The molecule has 118 valence electrons. The number of rotatable bonds is 2. The van der Waals surface area contributed by atoms with Gasteiger partial charge in [-0.1, -0.05) is 48.5 Å². The van der Waals surface area contributed by atoms with Gasteiger partial charge in [0.15, 0.2) is 11.5 Å². The number of aryl methyl sites for hydroxylation is 1. The molecule has 0 bridgehead atoms. The molecule has 3 aromatic rings. The smallest absolute Gasteiger partial charge is 0.204 e. The van der Waals surface area contributed by atoms with Gasteiger partial charge in [-0.2, -0.15) is 0 Å². The standard InChI is InChI=1S/C19H15BO4/c1-10-6-5-9-12(11-7-3-2-4-8-11)13(10)14-15(20)17(22)19(24)18(23)16(14)21/h2-9,21-24H,1H3. The number of benzene rings is 3. The molecule has 0 aliphatic heterocycles. The van der Waals surface area contributed by atoms with Gasteiger partial charge in [0.2, 0.25) is 11.5 Å². The summed E-state index contributed by atoms with van der Waals surface area (Å²) in [6.45, 7) is 1.83. The van der Waals surface area contributed by atoms with Gasteiger partial charge < -0.3 is 20.4 Å². The molecule has 0 saturated heterocycles. The van der Waals surface area contributed by atoms with Crippen LogP contribution in [0.1, 0.15) is 5.56 Å². The molecule has 4 nitrogen and oxygen atoms in total. The second-order valence-electron chi connectivity index (χ2n) is 5.55. The average Bonchev–Trinajstić information content (AvgIpc) is 2.60. The van der Waals surface area contributed by atoms with Crippen molar-refractivity contribution in [3.8, 4) is 45.3 Å². The number of phenols is 4. The summed E-state index contributed by atoms with van der Waals surface area (Å²) >= 11 is 0. The third-order valence-corrected chi connectivity index (χ3v) is 4.04. The minimum absolute atomic E-state index is 0.0831. The third-order valence-electron chi connectivity index (χ3n) is 4.04. The first-order valence-corrected chi connectivity index (χ1v) is 7.34. The molecule has 24 heavy (non-hydrogen) atoms. The maximum absolute atomic E-state index is 10.3. The Bertz CT molecular complexity index is 891. The summed E-state index contributed by atoms with van der Waals surface area (Å²) in [5, 5.41) is 39.8. The molecular formula is C19H15BO4. The van der Waals surface area contributed by atoms with E-state index < -0.39 is 23.0 Å². The molecule has 4 N–H and O–H groups in total. The maximum atomic E-state index is 10.3. The summed E-state index contributed by atoms with van der Waals surface area (Å²) < 4.78 is 0. The predicted molar refractivity (Wildman–Crippen MR) is 94.1 cm³/mol. The fourth-order valence-corrected chi connectivity index (χ4v) is 2.83. The summed E-state index contributed by atoms with van der Waals surface area (Å²) in [5.74, 6) is -2.89. The van der Waals surface area contributed by atoms with Gasteiger partial charge in [-0.25, -0.2) is 0 Å². The zero-order chi connectivity index (χ0) is 17.4. The molecule has 0 aromatic heterocycles. The van der Waals surface area contributed by atoms with Crippen LogP contribution in [0.3, 0.4) is 0 Å². The molecule has 0 amide bonds. The maximum Gasteiger partial charge on any atom is 0.204 e. The number of hydrogen-bond acceptors (Lipinski definition) is 4. The van der Waals surface area contributed by atoms with Crippen molar-refractivity contribution < 1.29 is 20.4 Å². The van der Waals surface area contributed by atoms with Gasteiger partial charge in [0.25, 0.3) is 0 Å². The fourth-order valence-electron chi connectivity index (χ4n) is 2.83. The highest BCUT2D eigenvalue weighted by Crippen LogP contribution is 2.48. The highest BCUT2D eigenvalue weighted by atomic mass is 16.3. The largest absolute Gasteiger partial charge is 0.505 e. The SMILES string of the molecule is [B]c1c(O)c(O)c(O)c(O)c1-c1c(C)cccc1-c1ccccc1. The second kappa shape index (κ2) is 5.85. The Morgan fingerprint density at radius 2 is 1.29 bits per heavy atom. The van der Waals surface area contributed by atoms with E-state index in [1.54, 1.807) is 0 Å². The van der Waals surface area contributed by atoms with Gasteiger partial charge in [-0.05, 0) is 34.6 Å². The van der Waals surface area contributed by atoms with Crippen LogP contribution in [0.25, 0.3) is 22.3 Å². The minimum atomic E-state index is -0.844. The van der Waals surface area contributed by atoms with Crippen LogP contribution in [0.2, 0.25) is 0 Å². The van der Waals surface area contributed by atoms with Crippen LogP contribution in [-0.4, -0.2) is 28.3 Å². The van der Waals surface area contributed by atoms with Crippen molar-refractivity contribution in [3.05, 3.63) is 54.1 Å². The Hall–Kier alpha value is -3.08. The van der Waals surface area contributed by atoms with E-state index in [1.165, 1.54) is 0 Å². The van der Waals surface area contributed by atoms with Crippen LogP contribution >= 0.6 is 0 Å². The molecule has 2 radical (unpaired) electrons. The van der Waals surface area contributed by atoms with Crippen LogP contribution in [0.5, 0.6) is 23.0 Å². The second-order valence-corrected chi connectivity index (χ2v) is 5.55. The van der Waals surface area contributed by atoms with E-state index in [-0.39, 0.29) is 11.0 Å². The molecule has 0 aliphatic rings. The van der Waals surface area contributed by atoms with E-state index in [0.717, 1.165) is 16.7 Å². The lowest BCUT2D eigenvalue weighted by molar-refractivity contribution is 0.348. The van der Waals surface area contributed by atoms with Gasteiger partial charge in [0.1, 0.15) is 7.85 Å². The van der Waals surface area contributed by atoms with Crippen molar-refractivity contribution in [2.24, 2.45) is 0 Å². The molecule has 3 aromatic carbocycles. The Balaban J connectivity index is 2.41. The van der Waals surface area contributed by atoms with Crippen molar-refractivity contribution in [1.82, 2.24) is 0 Å². The van der Waals surface area contributed by atoms with Crippen molar-refractivity contribution in [3.63, 3.8) is 0 Å². The Morgan fingerprint density at radius 1 is 0.667 bits per heavy atom. The molecule has 0 unspecified atom stereocenters. The first kappa shape index (κ1) is 15.8. The van der Waals surface area contributed by atoms with Gasteiger partial charge in [0.05, 0.1) is 0 Å². The molecule has 0 heterocycles.